The Morgan fingerprint density at radius 1 is 1.07 bits per heavy atom. The van der Waals surface area contributed by atoms with E-state index in [1.165, 1.54) is 5.56 Å². The summed E-state index contributed by atoms with van der Waals surface area (Å²) >= 11 is 7.65. The fourth-order valence-electron chi connectivity index (χ4n) is 3.12. The molecular weight excluding hydrogens is 416 g/mol. The molecule has 0 aliphatic carbocycles. The molecule has 1 unspecified atom stereocenters. The van der Waals surface area contributed by atoms with Crippen LogP contribution >= 0.6 is 23.4 Å². The van der Waals surface area contributed by atoms with Crippen LogP contribution in [-0.4, -0.2) is 34.6 Å². The van der Waals surface area contributed by atoms with E-state index in [-0.39, 0.29) is 17.9 Å². The first-order valence-corrected chi connectivity index (χ1v) is 11.7. The van der Waals surface area contributed by atoms with Gasteiger partial charge in [-0.3, -0.25) is 9.59 Å². The molecule has 0 heterocycles. The highest BCUT2D eigenvalue weighted by Crippen LogP contribution is 2.21. The Hall–Kier alpha value is -1.98. The molecule has 1 atom stereocenters. The van der Waals surface area contributed by atoms with E-state index in [4.69, 9.17) is 11.6 Å². The first-order chi connectivity index (χ1) is 14.3. The molecule has 0 fully saturated rings. The summed E-state index contributed by atoms with van der Waals surface area (Å²) in [6.45, 7) is 8.23. The average Bonchev–Trinajstić information content (AvgIpc) is 2.70. The molecule has 0 aliphatic rings. The number of hydrogen-bond donors (Lipinski definition) is 1. The van der Waals surface area contributed by atoms with Crippen molar-refractivity contribution in [2.24, 2.45) is 0 Å². The Labute approximate surface area is 189 Å². The van der Waals surface area contributed by atoms with Gasteiger partial charge in [0.2, 0.25) is 11.8 Å². The normalized spacial score (nSPS) is 11.9. The molecule has 0 aliphatic heterocycles. The number of nitrogens with zero attached hydrogens (tertiary/aromatic N) is 1. The number of halogens is 1. The van der Waals surface area contributed by atoms with Crippen LogP contribution in [0.4, 0.5) is 0 Å². The zero-order valence-corrected chi connectivity index (χ0v) is 19.7. The summed E-state index contributed by atoms with van der Waals surface area (Å²) in [5.41, 5.74) is 2.17. The van der Waals surface area contributed by atoms with Gasteiger partial charge in [-0.2, -0.15) is 0 Å². The first-order valence-electron chi connectivity index (χ1n) is 10.3. The standard InChI is InChI=1S/C24H31ClN2O2S/c1-5-22(24(29)26-17(2)3)27(16-19-8-10-20(25)11-9-19)23(28)14-15-30-21-12-6-18(4)7-13-21/h6-13,17,22H,5,14-16H2,1-4H3,(H,26,29). The lowest BCUT2D eigenvalue weighted by atomic mass is 10.1. The Balaban J connectivity index is 2.11. The highest BCUT2D eigenvalue weighted by atomic mass is 35.5. The molecule has 0 aromatic heterocycles. The molecule has 162 valence electrons. The minimum atomic E-state index is -0.500. The molecule has 0 saturated carbocycles. The molecule has 0 spiro atoms. The lowest BCUT2D eigenvalue weighted by molar-refractivity contribution is -0.141. The van der Waals surface area contributed by atoms with Gasteiger partial charge in [-0.1, -0.05) is 48.4 Å². The van der Waals surface area contributed by atoms with Crippen molar-refractivity contribution in [3.05, 3.63) is 64.7 Å². The molecule has 0 bridgehead atoms. The van der Waals surface area contributed by atoms with Crippen LogP contribution in [0.5, 0.6) is 0 Å². The Bertz CT molecular complexity index is 822. The summed E-state index contributed by atoms with van der Waals surface area (Å²) in [7, 11) is 0. The van der Waals surface area contributed by atoms with E-state index in [9.17, 15) is 9.59 Å². The third-order valence-corrected chi connectivity index (χ3v) is 5.95. The maximum atomic E-state index is 13.2. The van der Waals surface area contributed by atoms with Gasteiger partial charge in [0.15, 0.2) is 0 Å². The van der Waals surface area contributed by atoms with Crippen molar-refractivity contribution < 1.29 is 9.59 Å². The number of carbonyl (C=O) groups excluding carboxylic acids is 2. The minimum Gasteiger partial charge on any atom is -0.352 e. The number of carbonyl (C=O) groups is 2. The summed E-state index contributed by atoms with van der Waals surface area (Å²) < 4.78 is 0. The summed E-state index contributed by atoms with van der Waals surface area (Å²) in [6.07, 6.45) is 0.931. The third kappa shape index (κ3) is 7.69. The molecule has 2 aromatic carbocycles. The molecule has 30 heavy (non-hydrogen) atoms. The van der Waals surface area contributed by atoms with E-state index in [2.05, 4.69) is 36.5 Å². The molecule has 6 heteroatoms. The lowest BCUT2D eigenvalue weighted by Gasteiger charge is -2.31. The average molecular weight is 447 g/mol. The molecule has 0 radical (unpaired) electrons. The van der Waals surface area contributed by atoms with Crippen LogP contribution in [0, 0.1) is 6.92 Å². The smallest absolute Gasteiger partial charge is 0.243 e. The topological polar surface area (TPSA) is 49.4 Å². The van der Waals surface area contributed by atoms with Crippen molar-refractivity contribution in [2.45, 2.75) is 64.1 Å². The van der Waals surface area contributed by atoms with Gasteiger partial charge in [0.25, 0.3) is 0 Å². The molecule has 2 rings (SSSR count). The van der Waals surface area contributed by atoms with Crippen LogP contribution in [0.25, 0.3) is 0 Å². The van der Waals surface area contributed by atoms with E-state index in [1.54, 1.807) is 16.7 Å². The number of amides is 2. The van der Waals surface area contributed by atoms with Gasteiger partial charge in [-0.25, -0.2) is 0 Å². The van der Waals surface area contributed by atoms with Crippen molar-refractivity contribution in [2.75, 3.05) is 5.75 Å². The highest BCUT2D eigenvalue weighted by molar-refractivity contribution is 7.99. The van der Waals surface area contributed by atoms with Gasteiger partial charge in [-0.05, 0) is 57.0 Å². The van der Waals surface area contributed by atoms with Crippen LogP contribution < -0.4 is 5.32 Å². The van der Waals surface area contributed by atoms with Gasteiger partial charge in [0.05, 0.1) is 0 Å². The predicted octanol–water partition coefficient (Wildman–Crippen LogP) is 5.46. The van der Waals surface area contributed by atoms with Gasteiger partial charge < -0.3 is 10.2 Å². The maximum absolute atomic E-state index is 13.2. The maximum Gasteiger partial charge on any atom is 0.243 e. The van der Waals surface area contributed by atoms with Gasteiger partial charge in [0, 0.05) is 34.7 Å². The molecular formula is C24H31ClN2O2S. The predicted molar refractivity (Wildman–Crippen MR) is 126 cm³/mol. The van der Waals surface area contributed by atoms with Crippen LogP contribution in [0.1, 0.15) is 44.7 Å². The Morgan fingerprint density at radius 3 is 2.27 bits per heavy atom. The molecule has 1 N–H and O–H groups in total. The molecule has 2 amide bonds. The third-order valence-electron chi connectivity index (χ3n) is 4.69. The second-order valence-electron chi connectivity index (χ2n) is 7.65. The number of thioether (sulfide) groups is 1. The van der Waals surface area contributed by atoms with Crippen LogP contribution in [0.3, 0.4) is 0 Å². The SMILES string of the molecule is CCC(C(=O)NC(C)C)N(Cc1ccc(Cl)cc1)C(=O)CCSc1ccc(C)cc1. The first kappa shape index (κ1) is 24.3. The number of nitrogens with one attached hydrogen (secondary N) is 1. The fraction of sp³-hybridized carbons (Fsp3) is 0.417. The summed E-state index contributed by atoms with van der Waals surface area (Å²) in [5.74, 6) is 0.539. The lowest BCUT2D eigenvalue weighted by Crippen LogP contribution is -2.50. The summed E-state index contributed by atoms with van der Waals surface area (Å²) in [6, 6.07) is 15.2. The van der Waals surface area contributed by atoms with Crippen molar-refractivity contribution in [1.82, 2.24) is 10.2 Å². The molecule has 4 nitrogen and oxygen atoms in total. The largest absolute Gasteiger partial charge is 0.352 e. The second-order valence-corrected chi connectivity index (χ2v) is 9.25. The Morgan fingerprint density at radius 2 is 1.70 bits per heavy atom. The van der Waals surface area contributed by atoms with Crippen LogP contribution in [0.2, 0.25) is 5.02 Å². The summed E-state index contributed by atoms with van der Waals surface area (Å²) in [5, 5.41) is 3.60. The fourth-order valence-corrected chi connectivity index (χ4v) is 4.09. The monoisotopic (exact) mass is 446 g/mol. The number of aryl methyl sites for hydroxylation is 1. The number of hydrogen-bond acceptors (Lipinski definition) is 3. The van der Waals surface area contributed by atoms with Crippen LogP contribution in [-0.2, 0) is 16.1 Å². The molecule has 2 aromatic rings. The van der Waals surface area contributed by atoms with Gasteiger partial charge >= 0.3 is 0 Å². The zero-order valence-electron chi connectivity index (χ0n) is 18.2. The van der Waals surface area contributed by atoms with E-state index in [1.807, 2.05) is 45.0 Å². The van der Waals surface area contributed by atoms with Crippen molar-refractivity contribution in [1.29, 1.82) is 0 Å². The van der Waals surface area contributed by atoms with E-state index in [0.717, 1.165) is 10.5 Å². The second kappa shape index (κ2) is 12.0. The van der Waals surface area contributed by atoms with Crippen molar-refractivity contribution in [3.8, 4) is 0 Å². The quantitative estimate of drug-likeness (QED) is 0.493. The van der Waals surface area contributed by atoms with E-state index in [0.29, 0.717) is 30.2 Å². The Kier molecular flexibility index (Phi) is 9.73. The molecule has 0 saturated heterocycles. The van der Waals surface area contributed by atoms with Gasteiger partial charge in [-0.15, -0.1) is 11.8 Å². The van der Waals surface area contributed by atoms with E-state index >= 15 is 0 Å². The van der Waals surface area contributed by atoms with Gasteiger partial charge in [0.1, 0.15) is 6.04 Å². The van der Waals surface area contributed by atoms with Crippen molar-refractivity contribution in [3.63, 3.8) is 0 Å². The van der Waals surface area contributed by atoms with Crippen LogP contribution in [0.15, 0.2) is 53.4 Å². The number of benzene rings is 2. The van der Waals surface area contributed by atoms with Crippen molar-refractivity contribution >= 4 is 35.2 Å². The van der Waals surface area contributed by atoms with E-state index < -0.39 is 6.04 Å². The minimum absolute atomic E-state index is 0.0182. The summed E-state index contributed by atoms with van der Waals surface area (Å²) in [4.78, 5) is 28.8. The zero-order chi connectivity index (χ0) is 22.1. The highest BCUT2D eigenvalue weighted by Gasteiger charge is 2.28. The number of rotatable bonds is 10.